The molecule has 2 aliphatic rings. The predicted molar refractivity (Wildman–Crippen MR) is 78.7 cm³/mol. The van der Waals surface area contributed by atoms with Crippen molar-refractivity contribution in [1.82, 2.24) is 0 Å². The summed E-state index contributed by atoms with van der Waals surface area (Å²) in [6, 6.07) is 6.56. The molecule has 0 unspecified atom stereocenters. The zero-order valence-corrected chi connectivity index (χ0v) is 12.1. The van der Waals surface area contributed by atoms with Crippen molar-refractivity contribution in [1.29, 1.82) is 5.26 Å². The van der Waals surface area contributed by atoms with Crippen LogP contribution in [0.3, 0.4) is 0 Å². The number of benzene rings is 1. The van der Waals surface area contributed by atoms with E-state index < -0.39 is 4.92 Å². The SMILES string of the molecule is N#Cc1cc(N2CCO[C@H]([C@H]3CCCO3)C2)ccc1[N+](=O)[O-]. The monoisotopic (exact) mass is 303 g/mol. The van der Waals surface area contributed by atoms with Crippen LogP contribution in [0.4, 0.5) is 11.4 Å². The molecule has 0 N–H and O–H groups in total. The predicted octanol–water partition coefficient (Wildman–Crippen LogP) is 1.85. The Morgan fingerprint density at radius 3 is 2.82 bits per heavy atom. The molecule has 22 heavy (non-hydrogen) atoms. The highest BCUT2D eigenvalue weighted by Crippen LogP contribution is 2.28. The molecule has 0 aliphatic carbocycles. The average molecular weight is 303 g/mol. The van der Waals surface area contributed by atoms with E-state index in [4.69, 9.17) is 14.7 Å². The lowest BCUT2D eigenvalue weighted by molar-refractivity contribution is -0.385. The van der Waals surface area contributed by atoms with Crippen molar-refractivity contribution in [2.24, 2.45) is 0 Å². The number of rotatable bonds is 3. The quantitative estimate of drug-likeness (QED) is 0.625. The molecule has 2 aliphatic heterocycles. The van der Waals surface area contributed by atoms with Crippen LogP contribution in [-0.4, -0.2) is 43.4 Å². The topological polar surface area (TPSA) is 88.6 Å². The Morgan fingerprint density at radius 1 is 1.32 bits per heavy atom. The summed E-state index contributed by atoms with van der Waals surface area (Å²) < 4.78 is 11.5. The molecule has 7 heteroatoms. The summed E-state index contributed by atoms with van der Waals surface area (Å²) in [4.78, 5) is 12.5. The molecule has 1 aromatic rings. The van der Waals surface area contributed by atoms with Crippen molar-refractivity contribution in [3.05, 3.63) is 33.9 Å². The molecule has 0 spiro atoms. The summed E-state index contributed by atoms with van der Waals surface area (Å²) in [6.45, 7) is 2.74. The molecule has 0 bridgehead atoms. The van der Waals surface area contributed by atoms with Crippen molar-refractivity contribution >= 4 is 11.4 Å². The second-order valence-electron chi connectivity index (χ2n) is 5.48. The van der Waals surface area contributed by atoms with Crippen LogP contribution in [0.5, 0.6) is 0 Å². The van der Waals surface area contributed by atoms with Crippen molar-refractivity contribution in [2.45, 2.75) is 25.0 Å². The van der Waals surface area contributed by atoms with Gasteiger partial charge in [-0.1, -0.05) is 0 Å². The number of nitro groups is 1. The van der Waals surface area contributed by atoms with Gasteiger partial charge >= 0.3 is 0 Å². The van der Waals surface area contributed by atoms with Gasteiger partial charge in [-0.05, 0) is 25.0 Å². The molecule has 3 rings (SSSR count). The molecule has 2 saturated heterocycles. The Morgan fingerprint density at radius 2 is 2.14 bits per heavy atom. The molecule has 7 nitrogen and oxygen atoms in total. The largest absolute Gasteiger partial charge is 0.375 e. The molecule has 0 radical (unpaired) electrons. The highest BCUT2D eigenvalue weighted by atomic mass is 16.6. The second kappa shape index (κ2) is 6.30. The van der Waals surface area contributed by atoms with Gasteiger partial charge in [0.15, 0.2) is 0 Å². The van der Waals surface area contributed by atoms with Gasteiger partial charge in [-0.15, -0.1) is 0 Å². The first-order valence-electron chi connectivity index (χ1n) is 7.36. The van der Waals surface area contributed by atoms with Gasteiger partial charge in [0.05, 0.1) is 17.6 Å². The van der Waals surface area contributed by atoms with Crippen LogP contribution in [-0.2, 0) is 9.47 Å². The fourth-order valence-electron chi connectivity index (χ4n) is 3.00. The highest BCUT2D eigenvalue weighted by Gasteiger charge is 2.31. The van der Waals surface area contributed by atoms with Crippen molar-refractivity contribution in [3.8, 4) is 6.07 Å². The van der Waals surface area contributed by atoms with E-state index in [9.17, 15) is 10.1 Å². The number of hydrogen-bond acceptors (Lipinski definition) is 6. The minimum absolute atomic E-state index is 0.0111. The number of morpholine rings is 1. The van der Waals surface area contributed by atoms with E-state index in [2.05, 4.69) is 4.90 Å². The first-order chi connectivity index (χ1) is 10.7. The maximum absolute atomic E-state index is 10.9. The third-order valence-corrected chi connectivity index (χ3v) is 4.14. The molecular formula is C15H17N3O4. The number of nitrogens with zero attached hydrogens (tertiary/aromatic N) is 3. The molecule has 0 saturated carbocycles. The van der Waals surface area contributed by atoms with E-state index >= 15 is 0 Å². The molecule has 2 atom stereocenters. The highest BCUT2D eigenvalue weighted by molar-refractivity contribution is 5.60. The van der Waals surface area contributed by atoms with Gasteiger partial charge in [0.1, 0.15) is 17.7 Å². The Kier molecular flexibility index (Phi) is 4.22. The molecule has 1 aromatic carbocycles. The van der Waals surface area contributed by atoms with E-state index in [1.165, 1.54) is 6.07 Å². The zero-order valence-electron chi connectivity index (χ0n) is 12.1. The lowest BCUT2D eigenvalue weighted by Gasteiger charge is -2.36. The van der Waals surface area contributed by atoms with Gasteiger partial charge in [0, 0.05) is 31.5 Å². The van der Waals surface area contributed by atoms with E-state index in [0.29, 0.717) is 19.7 Å². The molecular weight excluding hydrogens is 286 g/mol. The standard InChI is InChI=1S/C15H17N3O4/c16-9-11-8-12(3-4-13(11)18(19)20)17-5-7-22-15(10-17)14-2-1-6-21-14/h3-4,8,14-15H,1-2,5-7,10H2/t14-,15+/m1/s1. The maximum Gasteiger partial charge on any atom is 0.287 e. The fraction of sp³-hybridized carbons (Fsp3) is 0.533. The minimum Gasteiger partial charge on any atom is -0.375 e. The van der Waals surface area contributed by atoms with Crippen LogP contribution < -0.4 is 4.90 Å². The van der Waals surface area contributed by atoms with Crippen LogP contribution in [0.25, 0.3) is 0 Å². The number of nitro benzene ring substituents is 1. The lowest BCUT2D eigenvalue weighted by atomic mass is 10.1. The summed E-state index contributed by atoms with van der Waals surface area (Å²) in [5, 5.41) is 20.0. The average Bonchev–Trinajstić information content (AvgIpc) is 3.08. The van der Waals surface area contributed by atoms with Crippen molar-refractivity contribution in [2.75, 3.05) is 31.2 Å². The Labute approximate surface area is 128 Å². The summed E-state index contributed by atoms with van der Waals surface area (Å²) in [6.07, 6.45) is 2.19. The minimum atomic E-state index is -0.531. The number of anilines is 1. The number of nitriles is 1. The van der Waals surface area contributed by atoms with Gasteiger partial charge in [-0.2, -0.15) is 5.26 Å². The van der Waals surface area contributed by atoms with Gasteiger partial charge in [0.2, 0.25) is 0 Å². The summed E-state index contributed by atoms with van der Waals surface area (Å²) in [5.41, 5.74) is 0.742. The normalized spacial score (nSPS) is 25.0. The smallest absolute Gasteiger partial charge is 0.287 e. The molecule has 0 amide bonds. The van der Waals surface area contributed by atoms with E-state index in [0.717, 1.165) is 25.1 Å². The van der Waals surface area contributed by atoms with Gasteiger partial charge in [-0.3, -0.25) is 10.1 Å². The second-order valence-corrected chi connectivity index (χ2v) is 5.48. The van der Waals surface area contributed by atoms with E-state index in [1.807, 2.05) is 6.07 Å². The fourth-order valence-corrected chi connectivity index (χ4v) is 3.00. The van der Waals surface area contributed by atoms with Crippen LogP contribution in [0.2, 0.25) is 0 Å². The molecule has 2 fully saturated rings. The summed E-state index contributed by atoms with van der Waals surface area (Å²) in [7, 11) is 0. The molecule has 2 heterocycles. The first kappa shape index (κ1) is 14.8. The van der Waals surface area contributed by atoms with Crippen LogP contribution in [0.1, 0.15) is 18.4 Å². The summed E-state index contributed by atoms with van der Waals surface area (Å²) >= 11 is 0. The maximum atomic E-state index is 10.9. The van der Waals surface area contributed by atoms with Gasteiger partial charge in [-0.25, -0.2) is 0 Å². The van der Waals surface area contributed by atoms with E-state index in [1.54, 1.807) is 12.1 Å². The van der Waals surface area contributed by atoms with Crippen molar-refractivity contribution < 1.29 is 14.4 Å². The van der Waals surface area contributed by atoms with Crippen LogP contribution in [0.15, 0.2) is 18.2 Å². The first-order valence-corrected chi connectivity index (χ1v) is 7.36. The van der Waals surface area contributed by atoms with Gasteiger partial charge in [0.25, 0.3) is 5.69 Å². The Bertz CT molecular complexity index is 607. The van der Waals surface area contributed by atoms with Crippen molar-refractivity contribution in [3.63, 3.8) is 0 Å². The van der Waals surface area contributed by atoms with Gasteiger partial charge < -0.3 is 14.4 Å². The summed E-state index contributed by atoms with van der Waals surface area (Å²) in [5.74, 6) is 0. The third-order valence-electron chi connectivity index (χ3n) is 4.14. The van der Waals surface area contributed by atoms with Crippen LogP contribution in [0, 0.1) is 21.4 Å². The Balaban J connectivity index is 1.78. The Hall–Kier alpha value is -2.17. The third kappa shape index (κ3) is 2.89. The number of hydrogen-bond donors (Lipinski definition) is 0. The molecule has 116 valence electrons. The van der Waals surface area contributed by atoms with Crippen LogP contribution >= 0.6 is 0 Å². The van der Waals surface area contributed by atoms with E-state index in [-0.39, 0.29) is 23.5 Å². The lowest BCUT2D eigenvalue weighted by Crippen LogP contribution is -2.47. The number of ether oxygens (including phenoxy) is 2. The molecule has 0 aromatic heterocycles. The zero-order chi connectivity index (χ0) is 15.5.